The van der Waals surface area contributed by atoms with E-state index >= 15 is 0 Å². The molecule has 1 saturated carbocycles. The van der Waals surface area contributed by atoms with Gasteiger partial charge in [-0.05, 0) is 18.8 Å². The van der Waals surface area contributed by atoms with Crippen molar-refractivity contribution in [2.24, 2.45) is 11.8 Å². The lowest BCUT2D eigenvalue weighted by molar-refractivity contribution is -0.133. The number of carbonyl (C=O) groups excluding carboxylic acids is 1. The summed E-state index contributed by atoms with van der Waals surface area (Å²) in [6, 6.07) is 0. The van der Waals surface area contributed by atoms with E-state index in [0.717, 1.165) is 25.3 Å². The van der Waals surface area contributed by atoms with E-state index in [2.05, 4.69) is 5.32 Å². The number of hydrogen-bond acceptors (Lipinski definition) is 1. The molecule has 2 bridgehead atoms. The van der Waals surface area contributed by atoms with Crippen molar-refractivity contribution in [1.82, 2.24) is 5.32 Å². The number of carbonyl (C=O) groups is 1. The second-order valence-corrected chi connectivity index (χ2v) is 2.78. The summed E-state index contributed by atoms with van der Waals surface area (Å²) in [7, 11) is 0. The van der Waals surface area contributed by atoms with Crippen molar-refractivity contribution < 1.29 is 4.79 Å². The van der Waals surface area contributed by atoms with Gasteiger partial charge in [-0.1, -0.05) is 0 Å². The fraction of sp³-hybridized carbons (Fsp3) is 0.833. The lowest BCUT2D eigenvalue weighted by Crippen LogP contribution is -2.50. The number of piperidine rings is 2. The van der Waals surface area contributed by atoms with Gasteiger partial charge >= 0.3 is 0 Å². The van der Waals surface area contributed by atoms with Crippen LogP contribution in [0.2, 0.25) is 0 Å². The first-order valence-corrected chi connectivity index (χ1v) is 3.14. The third-order valence-corrected chi connectivity index (χ3v) is 2.17. The molecule has 1 aliphatic carbocycles. The van der Waals surface area contributed by atoms with Gasteiger partial charge in [-0.25, -0.2) is 0 Å². The molecule has 44 valence electrons. The molecule has 1 amide bonds. The van der Waals surface area contributed by atoms with E-state index in [1.807, 2.05) is 0 Å². The topological polar surface area (TPSA) is 29.1 Å². The Hall–Kier alpha value is -0.530. The summed E-state index contributed by atoms with van der Waals surface area (Å²) in [4.78, 5) is 10.7. The van der Waals surface area contributed by atoms with Gasteiger partial charge in [-0.3, -0.25) is 4.79 Å². The summed E-state index contributed by atoms with van der Waals surface area (Å²) < 4.78 is 0. The van der Waals surface area contributed by atoms with Crippen LogP contribution < -0.4 is 5.32 Å². The van der Waals surface area contributed by atoms with Crippen LogP contribution in [-0.4, -0.2) is 12.5 Å². The average molecular weight is 111 g/mol. The first-order valence-electron chi connectivity index (χ1n) is 3.14. The number of fused-ring (bicyclic) bond motifs is 2. The normalized spacial score (nSPS) is 42.8. The van der Waals surface area contributed by atoms with E-state index < -0.39 is 0 Å². The Morgan fingerprint density at radius 3 is 2.50 bits per heavy atom. The molecule has 2 saturated heterocycles. The zero-order valence-electron chi connectivity index (χ0n) is 4.68. The number of nitrogens with one attached hydrogen (secondary N) is 1. The molecule has 8 heavy (non-hydrogen) atoms. The first-order chi connectivity index (χ1) is 3.86. The molecular formula is C6H9NO. The van der Waals surface area contributed by atoms with E-state index in [1.165, 1.54) is 0 Å². The molecule has 0 aromatic carbocycles. The number of hydrogen-bond donors (Lipinski definition) is 1. The second kappa shape index (κ2) is 1.24. The van der Waals surface area contributed by atoms with Crippen molar-refractivity contribution in [1.29, 1.82) is 0 Å². The van der Waals surface area contributed by atoms with Gasteiger partial charge in [-0.2, -0.15) is 0 Å². The standard InChI is InChI=1S/C6H9NO/c8-6-5-1-4(2-5)3-7-6/h4-5H,1-3H2,(H,7,8). The summed E-state index contributed by atoms with van der Waals surface area (Å²) in [5.74, 6) is 1.51. The van der Waals surface area contributed by atoms with E-state index in [-0.39, 0.29) is 5.91 Å². The smallest absolute Gasteiger partial charge is 0.223 e. The molecule has 3 aliphatic rings. The van der Waals surface area contributed by atoms with Crippen LogP contribution in [0.25, 0.3) is 0 Å². The third kappa shape index (κ3) is 0.403. The molecule has 1 N–H and O–H groups in total. The van der Waals surface area contributed by atoms with Crippen molar-refractivity contribution in [3.05, 3.63) is 0 Å². The van der Waals surface area contributed by atoms with Gasteiger partial charge < -0.3 is 5.32 Å². The molecule has 3 fully saturated rings. The van der Waals surface area contributed by atoms with Crippen LogP contribution in [-0.2, 0) is 4.79 Å². The fourth-order valence-electron chi connectivity index (χ4n) is 1.51. The minimum atomic E-state index is 0.285. The summed E-state index contributed by atoms with van der Waals surface area (Å²) in [5, 5.41) is 2.84. The fourth-order valence-corrected chi connectivity index (χ4v) is 1.51. The lowest BCUT2D eigenvalue weighted by atomic mass is 9.71. The Labute approximate surface area is 48.3 Å². The van der Waals surface area contributed by atoms with Crippen LogP contribution in [0.15, 0.2) is 0 Å². The van der Waals surface area contributed by atoms with E-state index in [0.29, 0.717) is 5.92 Å². The van der Waals surface area contributed by atoms with Crippen LogP contribution in [0.5, 0.6) is 0 Å². The van der Waals surface area contributed by atoms with Gasteiger partial charge in [0.2, 0.25) is 5.91 Å². The van der Waals surface area contributed by atoms with Crippen molar-refractivity contribution >= 4 is 5.91 Å². The van der Waals surface area contributed by atoms with Crippen LogP contribution in [0.3, 0.4) is 0 Å². The van der Waals surface area contributed by atoms with Crippen molar-refractivity contribution in [3.8, 4) is 0 Å². The van der Waals surface area contributed by atoms with Gasteiger partial charge in [0.1, 0.15) is 0 Å². The van der Waals surface area contributed by atoms with Crippen molar-refractivity contribution in [2.45, 2.75) is 12.8 Å². The number of amides is 1. The van der Waals surface area contributed by atoms with Crippen LogP contribution in [0, 0.1) is 11.8 Å². The summed E-state index contributed by atoms with van der Waals surface area (Å²) in [6.45, 7) is 0.940. The van der Waals surface area contributed by atoms with Gasteiger partial charge in [0, 0.05) is 12.5 Å². The zero-order chi connectivity index (χ0) is 5.56. The number of rotatable bonds is 0. The highest BCUT2D eigenvalue weighted by Crippen LogP contribution is 2.36. The highest BCUT2D eigenvalue weighted by molar-refractivity contribution is 5.80. The lowest BCUT2D eigenvalue weighted by Gasteiger charge is -2.39. The van der Waals surface area contributed by atoms with Gasteiger partial charge in [-0.15, -0.1) is 0 Å². The largest absolute Gasteiger partial charge is 0.356 e. The minimum Gasteiger partial charge on any atom is -0.356 e. The molecule has 0 aromatic heterocycles. The van der Waals surface area contributed by atoms with Crippen LogP contribution >= 0.6 is 0 Å². The maximum Gasteiger partial charge on any atom is 0.223 e. The first kappa shape index (κ1) is 4.36. The molecular weight excluding hydrogens is 102 g/mol. The molecule has 2 heteroatoms. The monoisotopic (exact) mass is 111 g/mol. The summed E-state index contributed by atoms with van der Waals surface area (Å²) in [5.41, 5.74) is 0. The minimum absolute atomic E-state index is 0.285. The van der Waals surface area contributed by atoms with Gasteiger partial charge in [0.05, 0.1) is 0 Å². The SMILES string of the molecule is O=C1NCC2CC1C2. The van der Waals surface area contributed by atoms with E-state index in [1.54, 1.807) is 0 Å². The van der Waals surface area contributed by atoms with Gasteiger partial charge in [0.25, 0.3) is 0 Å². The molecule has 0 spiro atoms. The molecule has 3 rings (SSSR count). The summed E-state index contributed by atoms with van der Waals surface area (Å²) >= 11 is 0. The highest BCUT2D eigenvalue weighted by Gasteiger charge is 2.38. The predicted octanol–water partition coefficient (Wildman–Crippen LogP) is 0.142. The van der Waals surface area contributed by atoms with E-state index in [9.17, 15) is 4.79 Å². The third-order valence-electron chi connectivity index (χ3n) is 2.17. The Bertz CT molecular complexity index is 124. The zero-order valence-corrected chi connectivity index (χ0v) is 4.68. The quantitative estimate of drug-likeness (QED) is 0.473. The highest BCUT2D eigenvalue weighted by atomic mass is 16.2. The Morgan fingerprint density at radius 2 is 2.25 bits per heavy atom. The van der Waals surface area contributed by atoms with Crippen LogP contribution in [0.1, 0.15) is 12.8 Å². The van der Waals surface area contributed by atoms with Crippen LogP contribution in [0.4, 0.5) is 0 Å². The van der Waals surface area contributed by atoms with Gasteiger partial charge in [0.15, 0.2) is 0 Å². The Kier molecular flexibility index (Phi) is 0.678. The van der Waals surface area contributed by atoms with Crippen molar-refractivity contribution in [3.63, 3.8) is 0 Å². The molecule has 2 nitrogen and oxygen atoms in total. The predicted molar refractivity (Wildman–Crippen MR) is 29.2 cm³/mol. The molecule has 2 aliphatic heterocycles. The average Bonchev–Trinajstić information content (AvgIpc) is 1.62. The Morgan fingerprint density at radius 1 is 1.50 bits per heavy atom. The molecule has 0 atom stereocenters. The maximum atomic E-state index is 10.7. The maximum absolute atomic E-state index is 10.7. The molecule has 0 aromatic rings. The van der Waals surface area contributed by atoms with E-state index in [4.69, 9.17) is 0 Å². The molecule has 0 unspecified atom stereocenters. The van der Waals surface area contributed by atoms with Crippen molar-refractivity contribution in [2.75, 3.05) is 6.54 Å². The molecule has 2 heterocycles. The Balaban J connectivity index is 2.10. The molecule has 0 radical (unpaired) electrons. The second-order valence-electron chi connectivity index (χ2n) is 2.78. The summed E-state index contributed by atoms with van der Waals surface area (Å²) in [6.07, 6.45) is 2.32.